The van der Waals surface area contributed by atoms with E-state index in [0.29, 0.717) is 0 Å². The van der Waals surface area contributed by atoms with Gasteiger partial charge in [-0.25, -0.2) is 0 Å². The number of hydrogen-bond donors (Lipinski definition) is 2. The van der Waals surface area contributed by atoms with Crippen molar-refractivity contribution in [2.45, 2.75) is 52.4 Å². The van der Waals surface area contributed by atoms with Crippen molar-refractivity contribution in [1.29, 1.82) is 0 Å². The number of hydrogen-bond acceptors (Lipinski definition) is 2. The summed E-state index contributed by atoms with van der Waals surface area (Å²) < 4.78 is 0. The molecule has 0 radical (unpaired) electrons. The van der Waals surface area contributed by atoms with Crippen molar-refractivity contribution in [2.75, 3.05) is 19.6 Å². The highest BCUT2D eigenvalue weighted by Gasteiger charge is 2.33. The molecule has 0 aromatic heterocycles. The molecular weight excluding hydrogens is 200 g/mol. The van der Waals surface area contributed by atoms with Crippen LogP contribution in [0.15, 0.2) is 0 Å². The summed E-state index contributed by atoms with van der Waals surface area (Å²) in [6.07, 6.45) is 6.99. The first kappa shape index (κ1) is 13.5. The third-order valence-corrected chi connectivity index (χ3v) is 3.46. The van der Waals surface area contributed by atoms with Gasteiger partial charge in [0.2, 0.25) is 5.91 Å². The second kappa shape index (κ2) is 6.89. The van der Waals surface area contributed by atoms with Crippen LogP contribution >= 0.6 is 0 Å². The monoisotopic (exact) mass is 226 g/mol. The number of carbonyl (C=O) groups is 1. The van der Waals surface area contributed by atoms with Crippen molar-refractivity contribution in [3.63, 3.8) is 0 Å². The second-order valence-electron chi connectivity index (χ2n) is 5.16. The molecule has 0 bridgehead atoms. The van der Waals surface area contributed by atoms with E-state index < -0.39 is 0 Å². The van der Waals surface area contributed by atoms with Gasteiger partial charge in [0.25, 0.3) is 0 Å². The van der Waals surface area contributed by atoms with Crippen LogP contribution in [-0.4, -0.2) is 25.5 Å². The number of rotatable bonds is 6. The van der Waals surface area contributed by atoms with E-state index in [-0.39, 0.29) is 11.3 Å². The molecule has 0 aromatic rings. The molecule has 0 aromatic carbocycles. The standard InChI is InChI=1S/C13H26N2O/c1-3-4-5-6-10-15-12(16)13(2)8-7-9-14-11-13/h14H,3-11H2,1-2H3,(H,15,16). The van der Waals surface area contributed by atoms with Crippen LogP contribution in [0, 0.1) is 5.41 Å². The fraction of sp³-hybridized carbons (Fsp3) is 0.923. The van der Waals surface area contributed by atoms with Crippen LogP contribution in [-0.2, 0) is 4.79 Å². The fourth-order valence-corrected chi connectivity index (χ4v) is 2.22. The Bertz CT molecular complexity index is 210. The summed E-state index contributed by atoms with van der Waals surface area (Å²) in [5.74, 6) is 0.233. The highest BCUT2D eigenvalue weighted by atomic mass is 16.2. The molecule has 1 aliphatic heterocycles. The molecular formula is C13H26N2O. The average Bonchev–Trinajstić information content (AvgIpc) is 2.29. The molecule has 1 heterocycles. The molecule has 1 aliphatic rings. The average molecular weight is 226 g/mol. The molecule has 1 atom stereocenters. The predicted octanol–water partition coefficient (Wildman–Crippen LogP) is 2.07. The van der Waals surface area contributed by atoms with Gasteiger partial charge >= 0.3 is 0 Å². The summed E-state index contributed by atoms with van der Waals surface area (Å²) in [6.45, 7) is 7.00. The van der Waals surface area contributed by atoms with Gasteiger partial charge in [-0.15, -0.1) is 0 Å². The van der Waals surface area contributed by atoms with Crippen LogP contribution in [0.4, 0.5) is 0 Å². The fourth-order valence-electron chi connectivity index (χ4n) is 2.22. The quantitative estimate of drug-likeness (QED) is 0.681. The van der Waals surface area contributed by atoms with Gasteiger partial charge < -0.3 is 10.6 Å². The molecule has 3 nitrogen and oxygen atoms in total. The van der Waals surface area contributed by atoms with Crippen LogP contribution < -0.4 is 10.6 Å². The van der Waals surface area contributed by atoms with Crippen molar-refractivity contribution < 1.29 is 4.79 Å². The van der Waals surface area contributed by atoms with Crippen molar-refractivity contribution >= 4 is 5.91 Å². The van der Waals surface area contributed by atoms with E-state index >= 15 is 0 Å². The predicted molar refractivity (Wildman–Crippen MR) is 67.4 cm³/mol. The molecule has 94 valence electrons. The van der Waals surface area contributed by atoms with Gasteiger partial charge in [0.1, 0.15) is 0 Å². The van der Waals surface area contributed by atoms with E-state index in [9.17, 15) is 4.79 Å². The maximum absolute atomic E-state index is 12.0. The van der Waals surface area contributed by atoms with Crippen LogP contribution in [0.25, 0.3) is 0 Å². The number of nitrogens with one attached hydrogen (secondary N) is 2. The van der Waals surface area contributed by atoms with Crippen LogP contribution in [0.3, 0.4) is 0 Å². The van der Waals surface area contributed by atoms with Gasteiger partial charge in [-0.2, -0.15) is 0 Å². The summed E-state index contributed by atoms with van der Waals surface area (Å²) in [5, 5.41) is 6.38. The molecule has 0 aliphatic carbocycles. The lowest BCUT2D eigenvalue weighted by molar-refractivity contribution is -0.131. The SMILES string of the molecule is CCCCCCNC(=O)C1(C)CCCNC1. The van der Waals surface area contributed by atoms with E-state index in [1.165, 1.54) is 19.3 Å². The summed E-state index contributed by atoms with van der Waals surface area (Å²) in [7, 11) is 0. The Labute approximate surface area is 99.4 Å². The molecule has 0 saturated carbocycles. The molecule has 1 saturated heterocycles. The van der Waals surface area contributed by atoms with Gasteiger partial charge in [-0.3, -0.25) is 4.79 Å². The van der Waals surface area contributed by atoms with E-state index in [4.69, 9.17) is 0 Å². The van der Waals surface area contributed by atoms with Crippen molar-refractivity contribution in [1.82, 2.24) is 10.6 Å². The van der Waals surface area contributed by atoms with Crippen LogP contribution in [0.5, 0.6) is 0 Å². The minimum absolute atomic E-state index is 0.178. The smallest absolute Gasteiger partial charge is 0.227 e. The van der Waals surface area contributed by atoms with Gasteiger partial charge in [-0.05, 0) is 32.7 Å². The Morgan fingerprint density at radius 1 is 1.38 bits per heavy atom. The Morgan fingerprint density at radius 3 is 2.81 bits per heavy atom. The number of amides is 1. The molecule has 1 unspecified atom stereocenters. The zero-order valence-corrected chi connectivity index (χ0v) is 10.8. The normalized spacial score (nSPS) is 25.4. The lowest BCUT2D eigenvalue weighted by Crippen LogP contribution is -2.48. The van der Waals surface area contributed by atoms with Gasteiger partial charge in [-0.1, -0.05) is 26.2 Å². The number of carbonyl (C=O) groups excluding carboxylic acids is 1. The Morgan fingerprint density at radius 2 is 2.19 bits per heavy atom. The van der Waals surface area contributed by atoms with E-state index in [1.807, 2.05) is 0 Å². The second-order valence-corrected chi connectivity index (χ2v) is 5.16. The molecule has 2 N–H and O–H groups in total. The van der Waals surface area contributed by atoms with Crippen LogP contribution in [0.1, 0.15) is 52.4 Å². The van der Waals surface area contributed by atoms with Crippen molar-refractivity contribution in [2.24, 2.45) is 5.41 Å². The van der Waals surface area contributed by atoms with E-state index in [1.54, 1.807) is 0 Å². The Kier molecular flexibility index (Phi) is 5.81. The first-order valence-electron chi connectivity index (χ1n) is 6.68. The maximum atomic E-state index is 12.0. The highest BCUT2D eigenvalue weighted by Crippen LogP contribution is 2.25. The third-order valence-electron chi connectivity index (χ3n) is 3.46. The third kappa shape index (κ3) is 4.12. The minimum atomic E-state index is -0.178. The Hall–Kier alpha value is -0.570. The molecule has 1 fully saturated rings. The molecule has 1 rings (SSSR count). The lowest BCUT2D eigenvalue weighted by atomic mass is 9.82. The van der Waals surface area contributed by atoms with Gasteiger partial charge in [0.15, 0.2) is 0 Å². The van der Waals surface area contributed by atoms with Crippen molar-refractivity contribution in [3.8, 4) is 0 Å². The molecule has 3 heteroatoms. The lowest BCUT2D eigenvalue weighted by Gasteiger charge is -2.32. The number of unbranched alkanes of at least 4 members (excludes halogenated alkanes) is 3. The highest BCUT2D eigenvalue weighted by molar-refractivity contribution is 5.82. The topological polar surface area (TPSA) is 41.1 Å². The summed E-state index contributed by atoms with van der Waals surface area (Å²) in [5.41, 5.74) is -0.178. The largest absolute Gasteiger partial charge is 0.356 e. The minimum Gasteiger partial charge on any atom is -0.356 e. The first-order valence-corrected chi connectivity index (χ1v) is 6.68. The first-order chi connectivity index (χ1) is 7.69. The molecule has 16 heavy (non-hydrogen) atoms. The summed E-state index contributed by atoms with van der Waals surface area (Å²) in [6, 6.07) is 0. The summed E-state index contributed by atoms with van der Waals surface area (Å²) >= 11 is 0. The van der Waals surface area contributed by atoms with E-state index in [2.05, 4.69) is 24.5 Å². The van der Waals surface area contributed by atoms with Crippen LogP contribution in [0.2, 0.25) is 0 Å². The van der Waals surface area contributed by atoms with E-state index in [0.717, 1.165) is 38.9 Å². The zero-order chi connectivity index (χ0) is 11.9. The maximum Gasteiger partial charge on any atom is 0.227 e. The zero-order valence-electron chi connectivity index (χ0n) is 10.8. The van der Waals surface area contributed by atoms with Crippen molar-refractivity contribution in [3.05, 3.63) is 0 Å². The van der Waals surface area contributed by atoms with Gasteiger partial charge in [0, 0.05) is 13.1 Å². The summed E-state index contributed by atoms with van der Waals surface area (Å²) in [4.78, 5) is 12.0. The molecule has 1 amide bonds. The van der Waals surface area contributed by atoms with Gasteiger partial charge in [0.05, 0.1) is 5.41 Å². The Balaban J connectivity index is 2.18. The molecule has 0 spiro atoms. The number of piperidine rings is 1.